The summed E-state index contributed by atoms with van der Waals surface area (Å²) in [7, 11) is 1.53. The summed E-state index contributed by atoms with van der Waals surface area (Å²) >= 11 is 3.15. The quantitative estimate of drug-likeness (QED) is 0.854. The molecule has 0 saturated heterocycles. The average molecular weight is 286 g/mol. The van der Waals surface area contributed by atoms with Gasteiger partial charge in [-0.2, -0.15) is 15.4 Å². The molecule has 0 aliphatic rings. The highest BCUT2D eigenvalue weighted by molar-refractivity contribution is 9.10. The molecule has 16 heavy (non-hydrogen) atoms. The maximum atomic E-state index is 11.6. The number of nitrogens with one attached hydrogen (secondary N) is 2. The van der Waals surface area contributed by atoms with Gasteiger partial charge < -0.3 is 9.72 Å². The molecule has 0 aliphatic carbocycles. The van der Waals surface area contributed by atoms with Gasteiger partial charge in [-0.05, 0) is 15.9 Å². The number of aromatic amines is 2. The molecular weight excluding hydrogens is 278 g/mol. The predicted octanol–water partition coefficient (Wildman–Crippen LogP) is 0.464. The zero-order chi connectivity index (χ0) is 11.5. The van der Waals surface area contributed by atoms with Crippen LogP contribution in [-0.2, 0) is 11.3 Å². The minimum Gasteiger partial charge on any atom is -0.378 e. The number of ether oxygens (including phenoxy) is 1. The molecule has 0 atom stereocenters. The maximum Gasteiger partial charge on any atom is 0.265 e. The molecule has 84 valence electrons. The van der Waals surface area contributed by atoms with Crippen molar-refractivity contribution < 1.29 is 4.74 Å². The minimum absolute atomic E-state index is 0.245. The van der Waals surface area contributed by atoms with E-state index >= 15 is 0 Å². The molecule has 0 radical (unpaired) electrons. The fourth-order valence-corrected chi connectivity index (χ4v) is 1.48. The highest BCUT2D eigenvalue weighted by atomic mass is 79.9. The second kappa shape index (κ2) is 4.54. The van der Waals surface area contributed by atoms with E-state index in [1.54, 1.807) is 0 Å². The van der Waals surface area contributed by atoms with Crippen molar-refractivity contribution in [2.24, 2.45) is 0 Å². The zero-order valence-corrected chi connectivity index (χ0v) is 9.91. The van der Waals surface area contributed by atoms with Crippen LogP contribution in [-0.4, -0.2) is 32.5 Å². The molecule has 7 nitrogen and oxygen atoms in total. The Balaban J connectivity index is 2.53. The van der Waals surface area contributed by atoms with E-state index in [2.05, 4.69) is 41.3 Å². The third kappa shape index (κ3) is 2.02. The van der Waals surface area contributed by atoms with Crippen molar-refractivity contribution in [3.63, 3.8) is 0 Å². The van der Waals surface area contributed by atoms with Crippen LogP contribution < -0.4 is 5.56 Å². The zero-order valence-electron chi connectivity index (χ0n) is 8.32. The molecule has 0 saturated carbocycles. The van der Waals surface area contributed by atoms with E-state index in [4.69, 9.17) is 4.74 Å². The van der Waals surface area contributed by atoms with Gasteiger partial charge in [0.05, 0.1) is 18.5 Å². The summed E-state index contributed by atoms with van der Waals surface area (Å²) in [5.41, 5.74) is 0.714. The van der Waals surface area contributed by atoms with E-state index in [9.17, 15) is 4.79 Å². The second-order valence-corrected chi connectivity index (χ2v) is 3.76. The topological polar surface area (TPSA) is 96.6 Å². The summed E-state index contributed by atoms with van der Waals surface area (Å²) < 4.78 is 5.31. The maximum absolute atomic E-state index is 11.6. The molecule has 0 aliphatic heterocycles. The first kappa shape index (κ1) is 11.0. The molecule has 0 amide bonds. The van der Waals surface area contributed by atoms with Gasteiger partial charge in [0.15, 0.2) is 5.82 Å². The molecule has 0 fully saturated rings. The van der Waals surface area contributed by atoms with E-state index in [1.165, 1.54) is 13.3 Å². The van der Waals surface area contributed by atoms with E-state index < -0.39 is 0 Å². The van der Waals surface area contributed by atoms with E-state index in [0.29, 0.717) is 21.7 Å². The van der Waals surface area contributed by atoms with Crippen molar-refractivity contribution in [3.8, 4) is 11.5 Å². The molecule has 0 spiro atoms. The van der Waals surface area contributed by atoms with Crippen LogP contribution in [0.5, 0.6) is 0 Å². The van der Waals surface area contributed by atoms with Gasteiger partial charge >= 0.3 is 0 Å². The lowest BCUT2D eigenvalue weighted by molar-refractivity contribution is 0.180. The monoisotopic (exact) mass is 285 g/mol. The molecule has 2 aromatic heterocycles. The first-order chi connectivity index (χ1) is 7.72. The smallest absolute Gasteiger partial charge is 0.265 e. The van der Waals surface area contributed by atoms with Gasteiger partial charge in [-0.25, -0.2) is 4.98 Å². The van der Waals surface area contributed by atoms with Gasteiger partial charge in [-0.1, -0.05) is 0 Å². The Morgan fingerprint density at radius 1 is 1.56 bits per heavy atom. The van der Waals surface area contributed by atoms with Crippen molar-refractivity contribution in [3.05, 3.63) is 26.7 Å². The normalized spacial score (nSPS) is 10.6. The summed E-state index contributed by atoms with van der Waals surface area (Å²) in [5.74, 6) is 0.356. The van der Waals surface area contributed by atoms with Crippen molar-refractivity contribution >= 4 is 15.9 Å². The number of methoxy groups -OCH3 is 1. The molecule has 0 unspecified atom stereocenters. The Bertz CT molecular complexity index is 536. The lowest BCUT2D eigenvalue weighted by Crippen LogP contribution is -2.14. The standard InChI is InChI=1S/C8H8BrN5O2/c1-16-3-5-6(9)8(15)12-7(11-5)4-2-10-14-13-4/h2H,3H2,1H3,(H,10,13,14)(H,11,12,15). The number of rotatable bonds is 3. The summed E-state index contributed by atoms with van der Waals surface area (Å²) in [6.07, 6.45) is 1.47. The highest BCUT2D eigenvalue weighted by Crippen LogP contribution is 2.14. The molecular formula is C8H8BrN5O2. The number of H-pyrrole nitrogens is 2. The molecule has 2 rings (SSSR count). The molecule has 0 bridgehead atoms. The van der Waals surface area contributed by atoms with E-state index in [0.717, 1.165) is 0 Å². The van der Waals surface area contributed by atoms with Crippen molar-refractivity contribution in [1.82, 2.24) is 25.4 Å². The first-order valence-corrected chi connectivity index (χ1v) is 5.15. The molecule has 2 N–H and O–H groups in total. The van der Waals surface area contributed by atoms with Crippen LogP contribution in [0, 0.1) is 0 Å². The van der Waals surface area contributed by atoms with Gasteiger partial charge in [0.1, 0.15) is 10.2 Å². The molecule has 0 aromatic carbocycles. The Morgan fingerprint density at radius 2 is 2.38 bits per heavy atom. The number of halogens is 1. The number of nitrogens with zero attached hydrogens (tertiary/aromatic N) is 3. The van der Waals surface area contributed by atoms with Crippen LogP contribution in [0.15, 0.2) is 15.5 Å². The first-order valence-electron chi connectivity index (χ1n) is 4.36. The fraction of sp³-hybridized carbons (Fsp3) is 0.250. The van der Waals surface area contributed by atoms with Gasteiger partial charge in [-0.3, -0.25) is 4.79 Å². The SMILES string of the molecule is COCc1nc(-c2cn[nH]n2)[nH]c(=O)c1Br. The predicted molar refractivity (Wildman–Crippen MR) is 58.6 cm³/mol. The average Bonchev–Trinajstić information content (AvgIpc) is 2.78. The van der Waals surface area contributed by atoms with Gasteiger partial charge in [-0.15, -0.1) is 0 Å². The Hall–Kier alpha value is -1.54. The van der Waals surface area contributed by atoms with Crippen LogP contribution in [0.4, 0.5) is 0 Å². The van der Waals surface area contributed by atoms with Crippen molar-refractivity contribution in [2.45, 2.75) is 6.61 Å². The molecule has 2 aromatic rings. The Morgan fingerprint density at radius 3 is 3.00 bits per heavy atom. The Kier molecular flexibility index (Phi) is 3.11. The van der Waals surface area contributed by atoms with Crippen LogP contribution in [0.25, 0.3) is 11.5 Å². The lowest BCUT2D eigenvalue weighted by atomic mass is 10.3. The van der Waals surface area contributed by atoms with Crippen LogP contribution in [0.2, 0.25) is 0 Å². The number of hydrogen-bond donors (Lipinski definition) is 2. The van der Waals surface area contributed by atoms with Crippen molar-refractivity contribution in [2.75, 3.05) is 7.11 Å². The molecule has 8 heteroatoms. The Labute approximate surface area is 98.4 Å². The minimum atomic E-state index is -0.278. The highest BCUT2D eigenvalue weighted by Gasteiger charge is 2.11. The molecule has 2 heterocycles. The summed E-state index contributed by atoms with van der Waals surface area (Å²) in [6, 6.07) is 0. The van der Waals surface area contributed by atoms with Crippen molar-refractivity contribution in [1.29, 1.82) is 0 Å². The lowest BCUT2D eigenvalue weighted by Gasteiger charge is -2.03. The fourth-order valence-electron chi connectivity index (χ4n) is 1.17. The largest absolute Gasteiger partial charge is 0.378 e. The van der Waals surface area contributed by atoms with Crippen LogP contribution >= 0.6 is 15.9 Å². The summed E-state index contributed by atoms with van der Waals surface area (Å²) in [5, 5.41) is 9.93. The third-order valence-corrected chi connectivity index (χ3v) is 2.69. The van der Waals surface area contributed by atoms with Gasteiger partial charge in [0, 0.05) is 7.11 Å². The number of hydrogen-bond acceptors (Lipinski definition) is 5. The number of aromatic nitrogens is 5. The van der Waals surface area contributed by atoms with Gasteiger partial charge in [0.25, 0.3) is 5.56 Å². The van der Waals surface area contributed by atoms with Gasteiger partial charge in [0.2, 0.25) is 0 Å². The third-order valence-electron chi connectivity index (χ3n) is 1.87. The second-order valence-electron chi connectivity index (χ2n) is 2.96. The van der Waals surface area contributed by atoms with Crippen LogP contribution in [0.1, 0.15) is 5.69 Å². The van der Waals surface area contributed by atoms with Crippen LogP contribution in [0.3, 0.4) is 0 Å². The van der Waals surface area contributed by atoms with E-state index in [1.807, 2.05) is 0 Å². The van der Waals surface area contributed by atoms with E-state index in [-0.39, 0.29) is 12.2 Å². The summed E-state index contributed by atoms with van der Waals surface area (Å²) in [6.45, 7) is 0.245. The summed E-state index contributed by atoms with van der Waals surface area (Å²) in [4.78, 5) is 18.4.